The van der Waals surface area contributed by atoms with Crippen molar-refractivity contribution < 1.29 is 5.11 Å². The number of unbranched alkanes of at least 4 members (excludes halogenated alkanes) is 2. The fourth-order valence-electron chi connectivity index (χ4n) is 0.967. The summed E-state index contributed by atoms with van der Waals surface area (Å²) in [5.41, 5.74) is 5.66. The van der Waals surface area contributed by atoms with E-state index in [4.69, 9.17) is 10.8 Å². The van der Waals surface area contributed by atoms with Gasteiger partial charge in [-0.3, -0.25) is 0 Å². The van der Waals surface area contributed by atoms with Gasteiger partial charge < -0.3 is 10.8 Å². The normalized spacial score (nSPS) is 13.5. The van der Waals surface area contributed by atoms with Crippen LogP contribution in [0.2, 0.25) is 0 Å². The zero-order valence-corrected chi connectivity index (χ0v) is 6.84. The molecule has 3 N–H and O–H groups in total. The van der Waals surface area contributed by atoms with E-state index in [1.54, 1.807) is 0 Å². The molecule has 0 aromatic heterocycles. The highest BCUT2D eigenvalue weighted by Crippen LogP contribution is 2.03. The molecular formula is C8H19NO. The van der Waals surface area contributed by atoms with Crippen molar-refractivity contribution in [2.75, 3.05) is 6.61 Å². The highest BCUT2D eigenvalue weighted by atomic mass is 16.3. The quantitative estimate of drug-likeness (QED) is 0.553. The first-order chi connectivity index (χ1) is 4.81. The molecule has 62 valence electrons. The van der Waals surface area contributed by atoms with Crippen LogP contribution in [0.5, 0.6) is 0 Å². The molecule has 0 aromatic rings. The molecule has 0 rings (SSSR count). The third kappa shape index (κ3) is 6.05. The first-order valence-electron chi connectivity index (χ1n) is 4.17. The zero-order chi connectivity index (χ0) is 7.82. The minimum Gasteiger partial charge on any atom is -0.396 e. The first-order valence-corrected chi connectivity index (χ1v) is 4.17. The molecule has 10 heavy (non-hydrogen) atoms. The van der Waals surface area contributed by atoms with Crippen molar-refractivity contribution in [2.24, 2.45) is 5.73 Å². The van der Waals surface area contributed by atoms with Gasteiger partial charge in [0.15, 0.2) is 0 Å². The Morgan fingerprint density at radius 2 is 2.00 bits per heavy atom. The van der Waals surface area contributed by atoms with E-state index < -0.39 is 0 Å². The average Bonchev–Trinajstić information content (AvgIpc) is 1.89. The summed E-state index contributed by atoms with van der Waals surface area (Å²) in [5.74, 6) is 0. The molecule has 1 atom stereocenters. The molecule has 0 fully saturated rings. The van der Waals surface area contributed by atoms with E-state index in [0.717, 1.165) is 12.8 Å². The van der Waals surface area contributed by atoms with E-state index in [1.807, 2.05) is 0 Å². The minimum absolute atomic E-state index is 0.219. The van der Waals surface area contributed by atoms with E-state index in [-0.39, 0.29) is 12.6 Å². The van der Waals surface area contributed by atoms with Gasteiger partial charge in [0.25, 0.3) is 0 Å². The lowest BCUT2D eigenvalue weighted by Gasteiger charge is -2.07. The maximum atomic E-state index is 8.51. The number of hydrogen-bond acceptors (Lipinski definition) is 2. The second kappa shape index (κ2) is 7.03. The van der Waals surface area contributed by atoms with Crippen molar-refractivity contribution in [1.82, 2.24) is 0 Å². The summed E-state index contributed by atoms with van der Waals surface area (Å²) in [7, 11) is 0. The number of hydrogen-bond donors (Lipinski definition) is 2. The van der Waals surface area contributed by atoms with Gasteiger partial charge in [0.1, 0.15) is 0 Å². The lowest BCUT2D eigenvalue weighted by atomic mass is 10.1. The number of aliphatic hydroxyl groups excluding tert-OH is 1. The molecule has 0 radical (unpaired) electrons. The Morgan fingerprint density at radius 1 is 1.30 bits per heavy atom. The van der Waals surface area contributed by atoms with E-state index in [0.29, 0.717) is 0 Å². The predicted octanol–water partition coefficient (Wildman–Crippen LogP) is 1.28. The Hall–Kier alpha value is -0.0800. The van der Waals surface area contributed by atoms with Crippen LogP contribution in [-0.4, -0.2) is 17.8 Å². The Balaban J connectivity index is 2.97. The molecule has 0 saturated carbocycles. The van der Waals surface area contributed by atoms with Crippen LogP contribution in [0.1, 0.15) is 39.0 Å². The number of aliphatic hydroxyl groups is 1. The SMILES string of the molecule is CCCCC[C@H](N)CCO. The van der Waals surface area contributed by atoms with Gasteiger partial charge in [-0.1, -0.05) is 26.2 Å². The van der Waals surface area contributed by atoms with Crippen molar-refractivity contribution in [2.45, 2.75) is 45.1 Å². The number of rotatable bonds is 6. The van der Waals surface area contributed by atoms with Crippen molar-refractivity contribution >= 4 is 0 Å². The van der Waals surface area contributed by atoms with E-state index in [2.05, 4.69) is 6.92 Å². The van der Waals surface area contributed by atoms with Crippen molar-refractivity contribution in [3.63, 3.8) is 0 Å². The van der Waals surface area contributed by atoms with Gasteiger partial charge in [-0.25, -0.2) is 0 Å². The fourth-order valence-corrected chi connectivity index (χ4v) is 0.967. The van der Waals surface area contributed by atoms with Crippen LogP contribution >= 0.6 is 0 Å². The molecule has 0 aliphatic carbocycles. The van der Waals surface area contributed by atoms with Gasteiger partial charge in [0.2, 0.25) is 0 Å². The van der Waals surface area contributed by atoms with Gasteiger partial charge in [-0.2, -0.15) is 0 Å². The second-order valence-corrected chi connectivity index (χ2v) is 2.77. The van der Waals surface area contributed by atoms with Crippen LogP contribution < -0.4 is 5.73 Å². The molecule has 0 heterocycles. The van der Waals surface area contributed by atoms with Gasteiger partial charge in [0.05, 0.1) is 0 Å². The molecule has 0 aliphatic rings. The molecule has 2 nitrogen and oxygen atoms in total. The lowest BCUT2D eigenvalue weighted by molar-refractivity contribution is 0.272. The second-order valence-electron chi connectivity index (χ2n) is 2.77. The Bertz CT molecular complexity index is 66.3. The zero-order valence-electron chi connectivity index (χ0n) is 6.84. The monoisotopic (exact) mass is 145 g/mol. The van der Waals surface area contributed by atoms with Crippen molar-refractivity contribution in [3.05, 3.63) is 0 Å². The molecule has 0 bridgehead atoms. The number of nitrogens with two attached hydrogens (primary N) is 1. The molecular weight excluding hydrogens is 126 g/mol. The standard InChI is InChI=1S/C8H19NO/c1-2-3-4-5-8(9)6-7-10/h8,10H,2-7,9H2,1H3/t8-/m0/s1. The summed E-state index contributed by atoms with van der Waals surface area (Å²) in [4.78, 5) is 0. The molecule has 0 unspecified atom stereocenters. The van der Waals surface area contributed by atoms with Gasteiger partial charge in [-0.05, 0) is 12.8 Å². The summed E-state index contributed by atoms with van der Waals surface area (Å²) >= 11 is 0. The summed E-state index contributed by atoms with van der Waals surface area (Å²) in [6, 6.07) is 0.219. The van der Waals surface area contributed by atoms with Gasteiger partial charge >= 0.3 is 0 Å². The average molecular weight is 145 g/mol. The van der Waals surface area contributed by atoms with Crippen LogP contribution in [-0.2, 0) is 0 Å². The van der Waals surface area contributed by atoms with Crippen LogP contribution in [0, 0.1) is 0 Å². The Kier molecular flexibility index (Phi) is 6.98. The summed E-state index contributed by atoms with van der Waals surface area (Å²) in [5, 5.41) is 8.51. The van der Waals surface area contributed by atoms with E-state index in [1.165, 1.54) is 19.3 Å². The topological polar surface area (TPSA) is 46.2 Å². The van der Waals surface area contributed by atoms with Crippen LogP contribution in [0.25, 0.3) is 0 Å². The van der Waals surface area contributed by atoms with E-state index in [9.17, 15) is 0 Å². The van der Waals surface area contributed by atoms with E-state index >= 15 is 0 Å². The van der Waals surface area contributed by atoms with Crippen LogP contribution in [0.3, 0.4) is 0 Å². The van der Waals surface area contributed by atoms with Crippen LogP contribution in [0.4, 0.5) is 0 Å². The highest BCUT2D eigenvalue weighted by Gasteiger charge is 1.99. The molecule has 0 aromatic carbocycles. The summed E-state index contributed by atoms with van der Waals surface area (Å²) in [6.45, 7) is 2.41. The maximum Gasteiger partial charge on any atom is 0.0445 e. The molecule has 0 amide bonds. The third-order valence-electron chi connectivity index (χ3n) is 1.68. The molecule has 0 saturated heterocycles. The summed E-state index contributed by atoms with van der Waals surface area (Å²) < 4.78 is 0. The third-order valence-corrected chi connectivity index (χ3v) is 1.68. The Labute approximate surface area is 63.4 Å². The Morgan fingerprint density at radius 3 is 2.50 bits per heavy atom. The molecule has 2 heteroatoms. The maximum absolute atomic E-state index is 8.51. The highest BCUT2D eigenvalue weighted by molar-refractivity contribution is 4.59. The molecule has 0 spiro atoms. The first kappa shape index (κ1) is 9.92. The largest absolute Gasteiger partial charge is 0.396 e. The van der Waals surface area contributed by atoms with Crippen LogP contribution in [0.15, 0.2) is 0 Å². The predicted molar refractivity (Wildman–Crippen MR) is 43.8 cm³/mol. The molecule has 0 aliphatic heterocycles. The fraction of sp³-hybridized carbons (Fsp3) is 1.00. The van der Waals surface area contributed by atoms with Crippen molar-refractivity contribution in [1.29, 1.82) is 0 Å². The smallest absolute Gasteiger partial charge is 0.0445 e. The van der Waals surface area contributed by atoms with Gasteiger partial charge in [0, 0.05) is 12.6 Å². The minimum atomic E-state index is 0.219. The summed E-state index contributed by atoms with van der Waals surface area (Å²) in [6.07, 6.45) is 5.53. The van der Waals surface area contributed by atoms with Crippen molar-refractivity contribution in [3.8, 4) is 0 Å². The van der Waals surface area contributed by atoms with Gasteiger partial charge in [-0.15, -0.1) is 0 Å². The lowest BCUT2D eigenvalue weighted by Crippen LogP contribution is -2.20.